The minimum absolute atomic E-state index is 0.275. The molecule has 4 heteroatoms. The van der Waals surface area contributed by atoms with Crippen LogP contribution in [-0.2, 0) is 0 Å². The molecule has 2 atom stereocenters. The van der Waals surface area contributed by atoms with E-state index in [2.05, 4.69) is 28.6 Å². The fraction of sp³-hybridized carbons (Fsp3) is 0.909. The zero-order valence-electron chi connectivity index (χ0n) is 9.28. The van der Waals surface area contributed by atoms with Gasteiger partial charge in [0.1, 0.15) is 0 Å². The third-order valence-electron chi connectivity index (χ3n) is 4.13. The first kappa shape index (κ1) is 9.82. The maximum atomic E-state index is 6.04. The summed E-state index contributed by atoms with van der Waals surface area (Å²) in [6, 6.07) is 0. The molecule has 84 valence electrons. The number of hydrogen-bond acceptors (Lipinski definition) is 4. The Labute approximate surface area is 95.5 Å². The van der Waals surface area contributed by atoms with Crippen LogP contribution in [0.25, 0.3) is 0 Å². The van der Waals surface area contributed by atoms with Crippen LogP contribution < -0.4 is 5.73 Å². The Kier molecular flexibility index (Phi) is 2.16. The zero-order valence-corrected chi connectivity index (χ0v) is 10.1. The van der Waals surface area contributed by atoms with Crippen molar-refractivity contribution in [2.45, 2.75) is 37.0 Å². The number of hydrogen-bond donors (Lipinski definition) is 1. The molecule has 0 amide bonds. The lowest BCUT2D eigenvalue weighted by molar-refractivity contribution is 0.196. The molecule has 3 aliphatic rings. The van der Waals surface area contributed by atoms with Gasteiger partial charge < -0.3 is 10.6 Å². The highest BCUT2D eigenvalue weighted by Gasteiger charge is 2.50. The Bertz CT molecular complexity index is 300. The van der Waals surface area contributed by atoms with E-state index in [0.717, 1.165) is 25.0 Å². The first-order valence-electron chi connectivity index (χ1n) is 5.91. The highest BCUT2D eigenvalue weighted by molar-refractivity contribution is 8.00. The van der Waals surface area contributed by atoms with Gasteiger partial charge in [0.15, 0.2) is 5.96 Å². The van der Waals surface area contributed by atoms with E-state index in [4.69, 9.17) is 5.73 Å². The summed E-state index contributed by atoms with van der Waals surface area (Å²) in [5.41, 5.74) is 6.31. The third kappa shape index (κ3) is 1.45. The van der Waals surface area contributed by atoms with Crippen LogP contribution in [0.1, 0.15) is 26.2 Å². The molecule has 1 saturated heterocycles. The maximum Gasteiger partial charge on any atom is 0.191 e. The van der Waals surface area contributed by atoms with E-state index in [1.807, 2.05) is 0 Å². The lowest BCUT2D eigenvalue weighted by atomic mass is 9.91. The fourth-order valence-electron chi connectivity index (χ4n) is 2.78. The van der Waals surface area contributed by atoms with Gasteiger partial charge in [-0.2, -0.15) is 11.8 Å². The van der Waals surface area contributed by atoms with Crippen molar-refractivity contribution in [3.63, 3.8) is 0 Å². The van der Waals surface area contributed by atoms with Crippen LogP contribution in [0, 0.1) is 5.92 Å². The average molecular weight is 225 g/mol. The molecule has 0 aromatic heterocycles. The van der Waals surface area contributed by atoms with E-state index >= 15 is 0 Å². The van der Waals surface area contributed by atoms with Gasteiger partial charge in [-0.15, -0.1) is 0 Å². The molecule has 2 unspecified atom stereocenters. The van der Waals surface area contributed by atoms with Crippen molar-refractivity contribution in [3.8, 4) is 0 Å². The summed E-state index contributed by atoms with van der Waals surface area (Å²) in [5.74, 6) is 2.97. The molecule has 3 rings (SSSR count). The molecule has 2 N–H and O–H groups in total. The smallest absolute Gasteiger partial charge is 0.191 e. The van der Waals surface area contributed by atoms with E-state index in [0.29, 0.717) is 5.25 Å². The van der Waals surface area contributed by atoms with Gasteiger partial charge in [0.05, 0.1) is 12.1 Å². The van der Waals surface area contributed by atoms with Crippen LogP contribution in [0.2, 0.25) is 0 Å². The van der Waals surface area contributed by atoms with E-state index in [9.17, 15) is 0 Å². The van der Waals surface area contributed by atoms with Crippen molar-refractivity contribution >= 4 is 17.7 Å². The van der Waals surface area contributed by atoms with Gasteiger partial charge in [-0.05, 0) is 30.9 Å². The fourth-order valence-corrected chi connectivity index (χ4v) is 4.24. The highest BCUT2D eigenvalue weighted by atomic mass is 32.2. The Hall–Kier alpha value is -0.380. The molecule has 2 fully saturated rings. The van der Waals surface area contributed by atoms with Crippen LogP contribution in [0.15, 0.2) is 4.99 Å². The number of guanidine groups is 1. The van der Waals surface area contributed by atoms with Crippen molar-refractivity contribution in [2.75, 3.05) is 18.8 Å². The molecule has 1 aliphatic carbocycles. The minimum Gasteiger partial charge on any atom is -0.370 e. The largest absolute Gasteiger partial charge is 0.370 e. The average Bonchev–Trinajstić information content (AvgIpc) is 2.89. The molecule has 2 aliphatic heterocycles. The second-order valence-electron chi connectivity index (χ2n) is 5.10. The topological polar surface area (TPSA) is 41.6 Å². The van der Waals surface area contributed by atoms with Crippen molar-refractivity contribution in [1.29, 1.82) is 0 Å². The summed E-state index contributed by atoms with van der Waals surface area (Å²) >= 11 is 2.08. The summed E-state index contributed by atoms with van der Waals surface area (Å²) in [6.07, 6.45) is 4.04. The Morgan fingerprint density at radius 3 is 3.00 bits per heavy atom. The second kappa shape index (κ2) is 3.30. The molecule has 3 nitrogen and oxygen atoms in total. The normalized spacial score (nSPS) is 40.2. The van der Waals surface area contributed by atoms with Crippen LogP contribution in [0.3, 0.4) is 0 Å². The summed E-state index contributed by atoms with van der Waals surface area (Å²) in [6.45, 7) is 4.42. The number of thioether (sulfide) groups is 1. The van der Waals surface area contributed by atoms with Crippen molar-refractivity contribution < 1.29 is 0 Å². The van der Waals surface area contributed by atoms with E-state index < -0.39 is 0 Å². The van der Waals surface area contributed by atoms with Crippen molar-refractivity contribution in [2.24, 2.45) is 16.6 Å². The summed E-state index contributed by atoms with van der Waals surface area (Å²) in [4.78, 5) is 6.92. The second-order valence-corrected chi connectivity index (χ2v) is 6.54. The van der Waals surface area contributed by atoms with Crippen LogP contribution in [-0.4, -0.2) is 40.5 Å². The standard InChI is InChI=1S/C11H19N3S/c1-8-11(4-5-15-8)7-13-10(12)14(11)6-9-2-3-9/h8-9H,2-7H2,1H3,(H2,12,13). The number of aliphatic imine (C=N–C) groups is 1. The van der Waals surface area contributed by atoms with Gasteiger partial charge in [-0.1, -0.05) is 6.92 Å². The van der Waals surface area contributed by atoms with Gasteiger partial charge in [0.2, 0.25) is 0 Å². The lowest BCUT2D eigenvalue weighted by Gasteiger charge is -2.39. The monoisotopic (exact) mass is 225 g/mol. The molecule has 1 spiro atoms. The zero-order chi connectivity index (χ0) is 10.5. The summed E-state index contributed by atoms with van der Waals surface area (Å²) < 4.78 is 0. The van der Waals surface area contributed by atoms with Gasteiger partial charge in [-0.3, -0.25) is 4.99 Å². The first-order valence-corrected chi connectivity index (χ1v) is 6.96. The number of rotatable bonds is 2. The molecular formula is C11H19N3S. The molecule has 0 aromatic carbocycles. The van der Waals surface area contributed by atoms with Crippen molar-refractivity contribution in [3.05, 3.63) is 0 Å². The van der Waals surface area contributed by atoms with Crippen LogP contribution in [0.5, 0.6) is 0 Å². The van der Waals surface area contributed by atoms with Crippen molar-refractivity contribution in [1.82, 2.24) is 4.90 Å². The molecule has 0 bridgehead atoms. The molecule has 0 aromatic rings. The first-order chi connectivity index (χ1) is 7.22. The van der Waals surface area contributed by atoms with E-state index in [1.54, 1.807) is 0 Å². The van der Waals surface area contributed by atoms with Gasteiger partial charge in [-0.25, -0.2) is 0 Å². The summed E-state index contributed by atoms with van der Waals surface area (Å²) in [7, 11) is 0. The molecule has 1 saturated carbocycles. The SMILES string of the molecule is CC1SCCC12CN=C(N)N2CC1CC1. The predicted molar refractivity (Wildman–Crippen MR) is 65.2 cm³/mol. The lowest BCUT2D eigenvalue weighted by Crippen LogP contribution is -2.55. The van der Waals surface area contributed by atoms with Crippen LogP contribution >= 0.6 is 11.8 Å². The van der Waals surface area contributed by atoms with Gasteiger partial charge >= 0.3 is 0 Å². The van der Waals surface area contributed by atoms with E-state index in [1.165, 1.54) is 25.0 Å². The Morgan fingerprint density at radius 1 is 1.60 bits per heavy atom. The minimum atomic E-state index is 0.275. The molecular weight excluding hydrogens is 206 g/mol. The number of nitrogens with two attached hydrogens (primary N) is 1. The van der Waals surface area contributed by atoms with E-state index in [-0.39, 0.29) is 5.54 Å². The van der Waals surface area contributed by atoms with Crippen LogP contribution in [0.4, 0.5) is 0 Å². The molecule has 2 heterocycles. The Balaban J connectivity index is 1.82. The van der Waals surface area contributed by atoms with Gasteiger partial charge in [0, 0.05) is 11.8 Å². The quantitative estimate of drug-likeness (QED) is 0.770. The summed E-state index contributed by atoms with van der Waals surface area (Å²) in [5, 5.41) is 0.682. The predicted octanol–water partition coefficient (Wildman–Crippen LogP) is 1.29. The molecule has 15 heavy (non-hydrogen) atoms. The Morgan fingerprint density at radius 2 is 2.40 bits per heavy atom. The van der Waals surface area contributed by atoms with Gasteiger partial charge in [0.25, 0.3) is 0 Å². The molecule has 0 radical (unpaired) electrons. The maximum absolute atomic E-state index is 6.04. The number of nitrogens with zero attached hydrogens (tertiary/aromatic N) is 2. The highest BCUT2D eigenvalue weighted by Crippen LogP contribution is 2.44. The third-order valence-corrected chi connectivity index (χ3v) is 5.50.